The summed E-state index contributed by atoms with van der Waals surface area (Å²) in [6.07, 6.45) is 4.89. The van der Waals surface area contributed by atoms with Gasteiger partial charge in [-0.2, -0.15) is 0 Å². The lowest BCUT2D eigenvalue weighted by atomic mass is 10.2. The van der Waals surface area contributed by atoms with Crippen LogP contribution in [0, 0.1) is 0 Å². The summed E-state index contributed by atoms with van der Waals surface area (Å²) in [5, 5.41) is 2.20. The fraction of sp³-hybridized carbons (Fsp3) is 0.100. The van der Waals surface area contributed by atoms with Crippen molar-refractivity contribution in [1.29, 1.82) is 0 Å². The van der Waals surface area contributed by atoms with E-state index in [1.807, 2.05) is 0 Å². The zero-order valence-corrected chi connectivity index (χ0v) is 8.10. The van der Waals surface area contributed by atoms with Gasteiger partial charge in [0, 0.05) is 19.4 Å². The topological polar surface area (TPSA) is 62.3 Å². The first-order valence-electron chi connectivity index (χ1n) is 4.39. The van der Waals surface area contributed by atoms with Crippen molar-refractivity contribution in [3.8, 4) is 0 Å². The lowest BCUT2D eigenvalue weighted by Gasteiger charge is -2.06. The zero-order chi connectivity index (χ0) is 10.8. The van der Waals surface area contributed by atoms with Crippen LogP contribution in [0.3, 0.4) is 0 Å². The molecule has 0 unspecified atom stereocenters. The molecule has 3 amide bonds. The van der Waals surface area contributed by atoms with Crippen molar-refractivity contribution in [3.05, 3.63) is 35.8 Å². The quantitative estimate of drug-likeness (QED) is 0.537. The monoisotopic (exact) mass is 203 g/mol. The van der Waals surface area contributed by atoms with Crippen LogP contribution in [0.4, 0.5) is 4.79 Å². The van der Waals surface area contributed by atoms with Crippen molar-refractivity contribution in [2.45, 2.75) is 0 Å². The van der Waals surface area contributed by atoms with E-state index in [-0.39, 0.29) is 5.91 Å². The van der Waals surface area contributed by atoms with Gasteiger partial charge in [0.05, 0.1) is 0 Å². The molecular formula is C10H9N3O2. The third kappa shape index (κ3) is 1.71. The van der Waals surface area contributed by atoms with E-state index < -0.39 is 6.03 Å². The second kappa shape index (κ2) is 3.53. The van der Waals surface area contributed by atoms with Gasteiger partial charge in [-0.3, -0.25) is 20.0 Å². The fourth-order valence-corrected chi connectivity index (χ4v) is 1.29. The van der Waals surface area contributed by atoms with E-state index in [4.69, 9.17) is 0 Å². The van der Waals surface area contributed by atoms with Gasteiger partial charge in [0.1, 0.15) is 5.70 Å². The molecule has 0 bridgehead atoms. The molecule has 2 rings (SSSR count). The highest BCUT2D eigenvalue weighted by molar-refractivity contribution is 6.13. The Morgan fingerprint density at radius 1 is 1.33 bits per heavy atom. The molecule has 1 saturated heterocycles. The standard InChI is InChI=1S/C10H9N3O2/c1-13-8(9(14)12-10(13)15)6-7-2-4-11-5-3-7/h2-6H,1H3,(H,12,14,15)/b8-6+. The van der Waals surface area contributed by atoms with Gasteiger partial charge in [-0.25, -0.2) is 4.79 Å². The van der Waals surface area contributed by atoms with Gasteiger partial charge in [-0.05, 0) is 23.8 Å². The van der Waals surface area contributed by atoms with Gasteiger partial charge in [-0.15, -0.1) is 0 Å². The predicted molar refractivity (Wildman–Crippen MR) is 53.5 cm³/mol. The number of rotatable bonds is 1. The van der Waals surface area contributed by atoms with E-state index in [9.17, 15) is 9.59 Å². The summed E-state index contributed by atoms with van der Waals surface area (Å²) in [6, 6.07) is 3.12. The van der Waals surface area contributed by atoms with Gasteiger partial charge >= 0.3 is 6.03 Å². The average molecular weight is 203 g/mol. The Balaban J connectivity index is 2.35. The van der Waals surface area contributed by atoms with Crippen molar-refractivity contribution in [1.82, 2.24) is 15.2 Å². The molecule has 76 valence electrons. The number of nitrogens with one attached hydrogen (secondary N) is 1. The van der Waals surface area contributed by atoms with E-state index >= 15 is 0 Å². The molecule has 1 fully saturated rings. The minimum absolute atomic E-state index is 0.339. The van der Waals surface area contributed by atoms with Crippen molar-refractivity contribution in [2.24, 2.45) is 0 Å². The molecule has 1 aromatic heterocycles. The maximum absolute atomic E-state index is 11.3. The van der Waals surface area contributed by atoms with E-state index in [1.165, 1.54) is 4.90 Å². The summed E-state index contributed by atoms with van der Waals surface area (Å²) < 4.78 is 0. The third-order valence-corrected chi connectivity index (χ3v) is 2.13. The number of hydrogen-bond donors (Lipinski definition) is 1. The zero-order valence-electron chi connectivity index (χ0n) is 8.10. The number of amides is 3. The molecule has 0 saturated carbocycles. The van der Waals surface area contributed by atoms with Crippen LogP contribution in [0.15, 0.2) is 30.2 Å². The molecule has 15 heavy (non-hydrogen) atoms. The molecule has 0 spiro atoms. The van der Waals surface area contributed by atoms with Gasteiger partial charge in [-0.1, -0.05) is 0 Å². The summed E-state index contributed by atoms with van der Waals surface area (Å²) >= 11 is 0. The molecule has 1 aliphatic rings. The molecule has 0 radical (unpaired) electrons. The summed E-state index contributed by atoms with van der Waals surface area (Å²) in [4.78, 5) is 27.6. The molecule has 1 aliphatic heterocycles. The Morgan fingerprint density at radius 3 is 2.53 bits per heavy atom. The summed E-state index contributed by atoms with van der Waals surface area (Å²) in [5.41, 5.74) is 1.17. The number of pyridine rings is 1. The number of likely N-dealkylation sites (N-methyl/N-ethyl adjacent to an activating group) is 1. The first-order valence-corrected chi connectivity index (χ1v) is 4.39. The normalized spacial score (nSPS) is 18.5. The van der Waals surface area contributed by atoms with Gasteiger partial charge < -0.3 is 0 Å². The molecule has 2 heterocycles. The van der Waals surface area contributed by atoms with Gasteiger partial charge in [0.15, 0.2) is 0 Å². The van der Waals surface area contributed by atoms with E-state index in [0.717, 1.165) is 5.56 Å². The Bertz CT molecular complexity index is 439. The van der Waals surface area contributed by atoms with Crippen LogP contribution >= 0.6 is 0 Å². The highest BCUT2D eigenvalue weighted by Gasteiger charge is 2.29. The Kier molecular flexibility index (Phi) is 2.21. The number of nitrogens with zero attached hydrogens (tertiary/aromatic N) is 2. The number of urea groups is 1. The first-order chi connectivity index (χ1) is 7.18. The number of carbonyl (C=O) groups is 2. The lowest BCUT2D eigenvalue weighted by molar-refractivity contribution is -0.115. The predicted octanol–water partition coefficient (Wildman–Crippen LogP) is 0.604. The van der Waals surface area contributed by atoms with Crippen LogP contribution in [0.2, 0.25) is 0 Å². The smallest absolute Gasteiger partial charge is 0.292 e. The second-order valence-electron chi connectivity index (χ2n) is 3.13. The largest absolute Gasteiger partial charge is 0.328 e. The maximum atomic E-state index is 11.3. The van der Waals surface area contributed by atoms with Gasteiger partial charge in [0.2, 0.25) is 0 Å². The van der Waals surface area contributed by atoms with E-state index in [0.29, 0.717) is 5.70 Å². The van der Waals surface area contributed by atoms with Gasteiger partial charge in [0.25, 0.3) is 5.91 Å². The van der Waals surface area contributed by atoms with Crippen LogP contribution in [-0.4, -0.2) is 28.9 Å². The number of hydrogen-bond acceptors (Lipinski definition) is 3. The minimum Gasteiger partial charge on any atom is -0.292 e. The number of imide groups is 1. The van der Waals surface area contributed by atoms with Crippen molar-refractivity contribution < 1.29 is 9.59 Å². The summed E-state index contributed by atoms with van der Waals surface area (Å²) in [5.74, 6) is -0.376. The highest BCUT2D eigenvalue weighted by Crippen LogP contribution is 2.13. The van der Waals surface area contributed by atoms with Crippen LogP contribution < -0.4 is 5.32 Å². The molecule has 0 atom stereocenters. The Hall–Kier alpha value is -2.17. The number of carbonyl (C=O) groups excluding carboxylic acids is 2. The fourth-order valence-electron chi connectivity index (χ4n) is 1.29. The van der Waals surface area contributed by atoms with Crippen molar-refractivity contribution in [3.63, 3.8) is 0 Å². The van der Waals surface area contributed by atoms with Crippen LogP contribution in [-0.2, 0) is 4.79 Å². The summed E-state index contributed by atoms with van der Waals surface area (Å²) in [7, 11) is 1.55. The highest BCUT2D eigenvalue weighted by atomic mass is 16.2. The molecular weight excluding hydrogens is 194 g/mol. The SMILES string of the molecule is CN1C(=O)NC(=O)/C1=C\c1ccncc1. The Labute approximate surface area is 86.4 Å². The Morgan fingerprint density at radius 2 is 2.00 bits per heavy atom. The minimum atomic E-state index is -0.402. The van der Waals surface area contributed by atoms with Crippen molar-refractivity contribution >= 4 is 18.0 Å². The third-order valence-electron chi connectivity index (χ3n) is 2.13. The first kappa shape index (κ1) is 9.39. The maximum Gasteiger partial charge on any atom is 0.328 e. The molecule has 0 aliphatic carbocycles. The summed E-state index contributed by atoms with van der Waals surface area (Å²) in [6.45, 7) is 0. The number of aromatic nitrogens is 1. The van der Waals surface area contributed by atoms with E-state index in [1.54, 1.807) is 37.7 Å². The molecule has 5 heteroatoms. The molecule has 1 aromatic rings. The van der Waals surface area contributed by atoms with Crippen LogP contribution in [0.25, 0.3) is 6.08 Å². The van der Waals surface area contributed by atoms with Crippen molar-refractivity contribution in [2.75, 3.05) is 7.05 Å². The average Bonchev–Trinajstić information content (AvgIpc) is 2.47. The second-order valence-corrected chi connectivity index (χ2v) is 3.13. The van der Waals surface area contributed by atoms with E-state index in [2.05, 4.69) is 10.3 Å². The van der Waals surface area contributed by atoms with Crippen LogP contribution in [0.1, 0.15) is 5.56 Å². The van der Waals surface area contributed by atoms with Crippen LogP contribution in [0.5, 0.6) is 0 Å². The molecule has 1 N–H and O–H groups in total. The lowest BCUT2D eigenvalue weighted by Crippen LogP contribution is -2.24. The molecule has 5 nitrogen and oxygen atoms in total. The molecule has 0 aromatic carbocycles.